The second-order valence-electron chi connectivity index (χ2n) is 7.99. The Bertz CT molecular complexity index is 1660. The van der Waals surface area contributed by atoms with E-state index in [2.05, 4.69) is 4.98 Å². The molecule has 0 N–H and O–H groups in total. The van der Waals surface area contributed by atoms with Gasteiger partial charge in [-0.15, -0.1) is 0 Å². The Kier molecular flexibility index (Phi) is 6.19. The van der Waals surface area contributed by atoms with Gasteiger partial charge in [0.2, 0.25) is 0 Å². The van der Waals surface area contributed by atoms with Crippen LogP contribution in [-0.4, -0.2) is 25.8 Å². The molecule has 35 heavy (non-hydrogen) atoms. The molecule has 0 atom stereocenters. The molecule has 0 aliphatic carbocycles. The minimum atomic E-state index is -0.487. The number of hydrogen-bond donors (Lipinski definition) is 0. The molecule has 7 nitrogen and oxygen atoms in total. The molecule has 5 aromatic rings. The number of imidazole rings is 1. The first kappa shape index (κ1) is 23.0. The first-order chi connectivity index (χ1) is 17.0. The number of hydrogen-bond acceptors (Lipinski definition) is 4. The molecular weight excluding hydrogens is 487 g/mol. The first-order valence-electron chi connectivity index (χ1n) is 10.8. The van der Waals surface area contributed by atoms with Crippen LogP contribution in [0, 0.1) is 0 Å². The van der Waals surface area contributed by atoms with E-state index in [4.69, 9.17) is 27.9 Å². The zero-order chi connectivity index (χ0) is 24.5. The smallest absolute Gasteiger partial charge is 0.337 e. The van der Waals surface area contributed by atoms with E-state index in [0.29, 0.717) is 33.5 Å². The molecule has 0 bridgehead atoms. The number of halogens is 2. The van der Waals surface area contributed by atoms with Crippen LogP contribution in [-0.2, 0) is 13.1 Å². The number of benzene rings is 3. The minimum absolute atomic E-state index is 0.121. The molecule has 0 aliphatic heterocycles. The van der Waals surface area contributed by atoms with Crippen LogP contribution in [0.25, 0.3) is 16.9 Å². The summed E-state index contributed by atoms with van der Waals surface area (Å²) < 4.78 is 9.73. The number of rotatable bonds is 6. The Hall–Kier alpha value is -3.81. The average molecular weight is 507 g/mol. The number of fused-ring (bicyclic) bond motifs is 1. The van der Waals surface area contributed by atoms with Gasteiger partial charge >= 0.3 is 5.69 Å². The fraction of sp³-hybridized carbons (Fsp3) is 0.115. The fourth-order valence-corrected chi connectivity index (χ4v) is 4.34. The summed E-state index contributed by atoms with van der Waals surface area (Å²) in [6.45, 7) is 0.445. The van der Waals surface area contributed by atoms with Crippen molar-refractivity contribution < 1.29 is 4.74 Å². The standard InChI is InChI=1S/C26H20Cl2N4O3/c1-35-20-9-5-8-19(13-20)32-24-23(25(33)31(26(32)34)15-17-6-3-2-4-7-17)30(16-29-24)14-18-10-11-21(27)22(28)12-18/h2-13,16H,14-15H2,1H3. The fourth-order valence-electron chi connectivity index (χ4n) is 4.02. The van der Waals surface area contributed by atoms with Gasteiger partial charge in [0, 0.05) is 12.6 Å². The monoisotopic (exact) mass is 506 g/mol. The molecule has 9 heteroatoms. The minimum Gasteiger partial charge on any atom is -0.497 e. The van der Waals surface area contributed by atoms with Crippen molar-refractivity contribution in [1.29, 1.82) is 0 Å². The quantitative estimate of drug-likeness (QED) is 0.332. The first-order valence-corrected chi connectivity index (χ1v) is 11.5. The summed E-state index contributed by atoms with van der Waals surface area (Å²) in [5.41, 5.74) is 1.86. The molecule has 0 amide bonds. The molecule has 0 unspecified atom stereocenters. The molecule has 0 fully saturated rings. The van der Waals surface area contributed by atoms with E-state index in [1.807, 2.05) is 36.4 Å². The van der Waals surface area contributed by atoms with Crippen LogP contribution in [0.3, 0.4) is 0 Å². The van der Waals surface area contributed by atoms with E-state index < -0.39 is 11.2 Å². The van der Waals surface area contributed by atoms with Crippen molar-refractivity contribution in [2.45, 2.75) is 13.1 Å². The number of ether oxygens (including phenoxy) is 1. The van der Waals surface area contributed by atoms with Crippen LogP contribution in [0.4, 0.5) is 0 Å². The number of aromatic nitrogens is 4. The number of methoxy groups -OCH3 is 1. The normalized spacial score (nSPS) is 11.2. The van der Waals surface area contributed by atoms with Crippen LogP contribution in [0.5, 0.6) is 5.75 Å². The van der Waals surface area contributed by atoms with Gasteiger partial charge < -0.3 is 9.30 Å². The third-order valence-electron chi connectivity index (χ3n) is 5.73. The molecular formula is C26H20Cl2N4O3. The third-order valence-corrected chi connectivity index (χ3v) is 6.47. The zero-order valence-electron chi connectivity index (χ0n) is 18.7. The predicted molar refractivity (Wildman–Crippen MR) is 137 cm³/mol. The largest absolute Gasteiger partial charge is 0.497 e. The molecule has 0 saturated carbocycles. The van der Waals surface area contributed by atoms with Gasteiger partial charge in [0.25, 0.3) is 5.56 Å². The van der Waals surface area contributed by atoms with Crippen molar-refractivity contribution in [3.63, 3.8) is 0 Å². The highest BCUT2D eigenvalue weighted by molar-refractivity contribution is 6.42. The van der Waals surface area contributed by atoms with Gasteiger partial charge in [0.1, 0.15) is 5.75 Å². The second-order valence-corrected chi connectivity index (χ2v) is 8.80. The summed E-state index contributed by atoms with van der Waals surface area (Å²) in [5.74, 6) is 0.582. The van der Waals surface area contributed by atoms with Gasteiger partial charge in [-0.05, 0) is 35.4 Å². The van der Waals surface area contributed by atoms with Crippen LogP contribution >= 0.6 is 23.2 Å². The third kappa shape index (κ3) is 4.36. The lowest BCUT2D eigenvalue weighted by Gasteiger charge is -2.14. The summed E-state index contributed by atoms with van der Waals surface area (Å²) in [5, 5.41) is 0.867. The van der Waals surface area contributed by atoms with Gasteiger partial charge in [-0.2, -0.15) is 0 Å². The molecule has 2 aromatic heterocycles. The SMILES string of the molecule is COc1cccc(-n2c(=O)n(Cc3ccccc3)c(=O)c3c2ncn3Cc2ccc(Cl)c(Cl)c2)c1. The Balaban J connectivity index is 1.75. The summed E-state index contributed by atoms with van der Waals surface area (Å²) in [6, 6.07) is 21.7. The Morgan fingerprint density at radius 2 is 1.66 bits per heavy atom. The van der Waals surface area contributed by atoms with Crippen LogP contribution < -0.4 is 16.0 Å². The zero-order valence-corrected chi connectivity index (χ0v) is 20.2. The second kappa shape index (κ2) is 9.44. The molecule has 0 spiro atoms. The van der Waals surface area contributed by atoms with E-state index >= 15 is 0 Å². The summed E-state index contributed by atoms with van der Waals surface area (Å²) in [4.78, 5) is 31.8. The Morgan fingerprint density at radius 1 is 0.857 bits per heavy atom. The maximum Gasteiger partial charge on any atom is 0.337 e. The van der Waals surface area contributed by atoms with Crippen LogP contribution in [0.1, 0.15) is 11.1 Å². The van der Waals surface area contributed by atoms with E-state index in [9.17, 15) is 9.59 Å². The van der Waals surface area contributed by atoms with Crippen molar-refractivity contribution in [3.8, 4) is 11.4 Å². The Labute approximate surface area is 210 Å². The van der Waals surface area contributed by atoms with E-state index in [1.165, 1.54) is 9.13 Å². The van der Waals surface area contributed by atoms with Crippen molar-refractivity contribution in [3.05, 3.63) is 121 Å². The maximum absolute atomic E-state index is 13.7. The molecule has 0 radical (unpaired) electrons. The van der Waals surface area contributed by atoms with Gasteiger partial charge in [0.05, 0.1) is 35.7 Å². The molecule has 3 aromatic carbocycles. The molecule has 0 aliphatic rings. The number of nitrogens with zero attached hydrogens (tertiary/aromatic N) is 4. The summed E-state index contributed by atoms with van der Waals surface area (Å²) in [7, 11) is 1.56. The summed E-state index contributed by atoms with van der Waals surface area (Å²) >= 11 is 12.3. The lowest BCUT2D eigenvalue weighted by atomic mass is 10.2. The molecule has 176 valence electrons. The van der Waals surface area contributed by atoms with Gasteiger partial charge in [0.15, 0.2) is 11.2 Å². The van der Waals surface area contributed by atoms with Gasteiger partial charge in [-0.25, -0.2) is 14.3 Å². The summed E-state index contributed by atoms with van der Waals surface area (Å²) in [6.07, 6.45) is 1.55. The van der Waals surface area contributed by atoms with Crippen molar-refractivity contribution in [1.82, 2.24) is 18.7 Å². The molecule has 5 rings (SSSR count). The van der Waals surface area contributed by atoms with Crippen LogP contribution in [0.15, 0.2) is 88.7 Å². The maximum atomic E-state index is 13.7. The van der Waals surface area contributed by atoms with Crippen molar-refractivity contribution in [2.24, 2.45) is 0 Å². The van der Waals surface area contributed by atoms with E-state index in [1.54, 1.807) is 54.4 Å². The lowest BCUT2D eigenvalue weighted by Crippen LogP contribution is -2.40. The average Bonchev–Trinajstić information content (AvgIpc) is 3.28. The topological polar surface area (TPSA) is 71.1 Å². The highest BCUT2D eigenvalue weighted by Crippen LogP contribution is 2.24. The van der Waals surface area contributed by atoms with Gasteiger partial charge in [-0.3, -0.25) is 9.36 Å². The van der Waals surface area contributed by atoms with Crippen molar-refractivity contribution in [2.75, 3.05) is 7.11 Å². The molecule has 0 saturated heterocycles. The highest BCUT2D eigenvalue weighted by atomic mass is 35.5. The van der Waals surface area contributed by atoms with E-state index in [-0.39, 0.29) is 12.2 Å². The molecule has 2 heterocycles. The lowest BCUT2D eigenvalue weighted by molar-refractivity contribution is 0.414. The van der Waals surface area contributed by atoms with E-state index in [0.717, 1.165) is 11.1 Å². The van der Waals surface area contributed by atoms with Crippen molar-refractivity contribution >= 4 is 34.4 Å². The van der Waals surface area contributed by atoms with Crippen LogP contribution in [0.2, 0.25) is 10.0 Å². The highest BCUT2D eigenvalue weighted by Gasteiger charge is 2.20. The predicted octanol–water partition coefficient (Wildman–Crippen LogP) is 4.76. The van der Waals surface area contributed by atoms with Gasteiger partial charge in [-0.1, -0.05) is 65.7 Å². The Morgan fingerprint density at radius 3 is 2.40 bits per heavy atom.